The standard InChI is InChI=1S/C10H7NO2.C5H5N/c12-10(13)9-6-5-7-3-1-2-4-8(7)11-9;1-2-4-6-5-3-1/h1-6H,(H,12,13);1-5H. The highest BCUT2D eigenvalue weighted by atomic mass is 16.4. The number of nitrogens with zero attached hydrogens (tertiary/aromatic N) is 2. The molecule has 0 amide bonds. The predicted octanol–water partition coefficient (Wildman–Crippen LogP) is 3.01. The van der Waals surface area contributed by atoms with E-state index in [2.05, 4.69) is 9.97 Å². The van der Waals surface area contributed by atoms with E-state index < -0.39 is 5.97 Å². The first-order valence-corrected chi connectivity index (χ1v) is 5.71. The first kappa shape index (κ1) is 12.7. The van der Waals surface area contributed by atoms with Gasteiger partial charge in [-0.1, -0.05) is 30.3 Å². The Morgan fingerprint density at radius 2 is 1.63 bits per heavy atom. The van der Waals surface area contributed by atoms with Crippen LogP contribution in [0.3, 0.4) is 0 Å². The number of carbonyl (C=O) groups is 1. The van der Waals surface area contributed by atoms with Crippen LogP contribution in [-0.2, 0) is 0 Å². The smallest absolute Gasteiger partial charge is 0.354 e. The Morgan fingerprint density at radius 1 is 0.895 bits per heavy atom. The number of aromatic carboxylic acids is 1. The molecule has 0 aliphatic carbocycles. The molecule has 0 aliphatic heterocycles. The average molecular weight is 252 g/mol. The highest BCUT2D eigenvalue weighted by molar-refractivity contribution is 5.89. The number of rotatable bonds is 1. The zero-order chi connectivity index (χ0) is 13.5. The molecule has 0 fully saturated rings. The monoisotopic (exact) mass is 252 g/mol. The number of aromatic nitrogens is 2. The fourth-order valence-electron chi connectivity index (χ4n) is 1.50. The zero-order valence-electron chi connectivity index (χ0n) is 10.1. The maximum atomic E-state index is 10.6. The number of para-hydroxylation sites is 1. The van der Waals surface area contributed by atoms with E-state index in [1.165, 1.54) is 6.07 Å². The van der Waals surface area contributed by atoms with Gasteiger partial charge in [0.1, 0.15) is 5.69 Å². The third-order valence-electron chi connectivity index (χ3n) is 2.38. The molecule has 2 aromatic heterocycles. The van der Waals surface area contributed by atoms with E-state index in [0.717, 1.165) is 5.39 Å². The van der Waals surface area contributed by atoms with Crippen LogP contribution < -0.4 is 0 Å². The van der Waals surface area contributed by atoms with Gasteiger partial charge < -0.3 is 5.11 Å². The molecule has 3 aromatic rings. The van der Waals surface area contributed by atoms with E-state index in [4.69, 9.17) is 5.11 Å². The molecule has 94 valence electrons. The summed E-state index contributed by atoms with van der Waals surface area (Å²) in [6, 6.07) is 16.4. The molecule has 0 radical (unpaired) electrons. The van der Waals surface area contributed by atoms with Crippen molar-refractivity contribution in [2.75, 3.05) is 0 Å². The van der Waals surface area contributed by atoms with Crippen LogP contribution in [0.1, 0.15) is 10.5 Å². The van der Waals surface area contributed by atoms with Crippen LogP contribution in [0.2, 0.25) is 0 Å². The predicted molar refractivity (Wildman–Crippen MR) is 72.9 cm³/mol. The summed E-state index contributed by atoms with van der Waals surface area (Å²) in [5.74, 6) is -0.995. The summed E-state index contributed by atoms with van der Waals surface area (Å²) in [7, 11) is 0. The van der Waals surface area contributed by atoms with Crippen molar-refractivity contribution in [2.24, 2.45) is 0 Å². The number of carboxylic acid groups (broad SMARTS) is 1. The van der Waals surface area contributed by atoms with Gasteiger partial charge >= 0.3 is 5.97 Å². The normalized spacial score (nSPS) is 9.47. The third-order valence-corrected chi connectivity index (χ3v) is 2.38. The van der Waals surface area contributed by atoms with Crippen LogP contribution in [0, 0.1) is 0 Å². The van der Waals surface area contributed by atoms with Gasteiger partial charge in [0.2, 0.25) is 0 Å². The highest BCUT2D eigenvalue weighted by Crippen LogP contribution is 2.11. The summed E-state index contributed by atoms with van der Waals surface area (Å²) in [5.41, 5.74) is 0.793. The van der Waals surface area contributed by atoms with Crippen LogP contribution in [0.25, 0.3) is 10.9 Å². The van der Waals surface area contributed by atoms with E-state index in [1.54, 1.807) is 24.5 Å². The highest BCUT2D eigenvalue weighted by Gasteiger charge is 2.03. The van der Waals surface area contributed by atoms with Gasteiger partial charge in [0, 0.05) is 17.8 Å². The van der Waals surface area contributed by atoms with Crippen molar-refractivity contribution in [3.05, 3.63) is 72.7 Å². The zero-order valence-corrected chi connectivity index (χ0v) is 10.1. The van der Waals surface area contributed by atoms with Gasteiger partial charge in [0.15, 0.2) is 0 Å². The molecule has 0 spiro atoms. The van der Waals surface area contributed by atoms with Gasteiger partial charge in [-0.05, 0) is 24.3 Å². The second-order valence-electron chi connectivity index (χ2n) is 3.72. The Morgan fingerprint density at radius 3 is 2.21 bits per heavy atom. The maximum absolute atomic E-state index is 10.6. The molecular weight excluding hydrogens is 240 g/mol. The van der Waals surface area contributed by atoms with Crippen molar-refractivity contribution < 1.29 is 9.90 Å². The van der Waals surface area contributed by atoms with Gasteiger partial charge in [0.25, 0.3) is 0 Å². The minimum absolute atomic E-state index is 0.0821. The fraction of sp³-hybridized carbons (Fsp3) is 0. The first-order chi connectivity index (χ1) is 9.27. The van der Waals surface area contributed by atoms with Gasteiger partial charge in [0.05, 0.1) is 5.52 Å². The Bertz CT molecular complexity index is 642. The molecule has 19 heavy (non-hydrogen) atoms. The van der Waals surface area contributed by atoms with Crippen molar-refractivity contribution in [1.29, 1.82) is 0 Å². The Balaban J connectivity index is 0.000000186. The van der Waals surface area contributed by atoms with Crippen LogP contribution in [-0.4, -0.2) is 21.0 Å². The van der Waals surface area contributed by atoms with E-state index >= 15 is 0 Å². The minimum Gasteiger partial charge on any atom is -0.477 e. The van der Waals surface area contributed by atoms with Crippen molar-refractivity contribution in [2.45, 2.75) is 0 Å². The van der Waals surface area contributed by atoms with Crippen molar-refractivity contribution >= 4 is 16.9 Å². The summed E-state index contributed by atoms with van der Waals surface area (Å²) in [5, 5.41) is 9.63. The molecule has 1 aromatic carbocycles. The summed E-state index contributed by atoms with van der Waals surface area (Å²) >= 11 is 0. The summed E-state index contributed by atoms with van der Waals surface area (Å²) in [4.78, 5) is 18.3. The number of benzene rings is 1. The van der Waals surface area contributed by atoms with Crippen molar-refractivity contribution in [1.82, 2.24) is 9.97 Å². The van der Waals surface area contributed by atoms with E-state index in [0.29, 0.717) is 5.52 Å². The number of pyridine rings is 2. The van der Waals surface area contributed by atoms with Gasteiger partial charge in [-0.2, -0.15) is 0 Å². The minimum atomic E-state index is -0.995. The Hall–Kier alpha value is -2.75. The molecule has 2 heterocycles. The van der Waals surface area contributed by atoms with E-state index in [9.17, 15) is 4.79 Å². The van der Waals surface area contributed by atoms with E-state index in [1.807, 2.05) is 36.4 Å². The molecule has 0 aliphatic rings. The van der Waals surface area contributed by atoms with Crippen LogP contribution >= 0.6 is 0 Å². The Kier molecular flexibility index (Phi) is 4.18. The molecule has 0 saturated heterocycles. The van der Waals surface area contributed by atoms with Crippen LogP contribution in [0.15, 0.2) is 67.0 Å². The molecule has 4 nitrogen and oxygen atoms in total. The largest absolute Gasteiger partial charge is 0.477 e. The van der Waals surface area contributed by atoms with Crippen molar-refractivity contribution in [3.63, 3.8) is 0 Å². The lowest BCUT2D eigenvalue weighted by Gasteiger charge is -1.97. The molecule has 1 N–H and O–H groups in total. The SMILES string of the molecule is O=C(O)c1ccc2ccccc2n1.c1ccncc1. The molecule has 0 bridgehead atoms. The molecule has 0 unspecified atom stereocenters. The lowest BCUT2D eigenvalue weighted by atomic mass is 10.2. The second kappa shape index (κ2) is 6.26. The Labute approximate surface area is 110 Å². The molecule has 3 rings (SSSR count). The number of fused-ring (bicyclic) bond motifs is 1. The topological polar surface area (TPSA) is 63.1 Å². The van der Waals surface area contributed by atoms with Crippen LogP contribution in [0.4, 0.5) is 0 Å². The second-order valence-corrected chi connectivity index (χ2v) is 3.72. The lowest BCUT2D eigenvalue weighted by Crippen LogP contribution is -1.99. The molecule has 0 atom stereocenters. The molecule has 4 heteroatoms. The summed E-state index contributed by atoms with van der Waals surface area (Å²) in [6.45, 7) is 0. The maximum Gasteiger partial charge on any atom is 0.354 e. The van der Waals surface area contributed by atoms with Crippen LogP contribution in [0.5, 0.6) is 0 Å². The summed E-state index contributed by atoms with van der Waals surface area (Å²) in [6.07, 6.45) is 3.50. The fourth-order valence-corrected chi connectivity index (χ4v) is 1.50. The third kappa shape index (κ3) is 3.61. The number of hydrogen-bond acceptors (Lipinski definition) is 3. The van der Waals surface area contributed by atoms with Gasteiger partial charge in [-0.15, -0.1) is 0 Å². The molecule has 0 saturated carbocycles. The molecular formula is C15H12N2O2. The lowest BCUT2D eigenvalue weighted by molar-refractivity contribution is 0.0691. The first-order valence-electron chi connectivity index (χ1n) is 5.71. The van der Waals surface area contributed by atoms with Crippen molar-refractivity contribution in [3.8, 4) is 0 Å². The van der Waals surface area contributed by atoms with Gasteiger partial charge in [-0.3, -0.25) is 4.98 Å². The van der Waals surface area contributed by atoms with Gasteiger partial charge in [-0.25, -0.2) is 9.78 Å². The number of hydrogen-bond donors (Lipinski definition) is 1. The average Bonchev–Trinajstić information content (AvgIpc) is 2.49. The van der Waals surface area contributed by atoms with E-state index in [-0.39, 0.29) is 5.69 Å². The quantitative estimate of drug-likeness (QED) is 0.723. The number of carboxylic acids is 1. The summed E-state index contributed by atoms with van der Waals surface area (Å²) < 4.78 is 0.